The van der Waals surface area contributed by atoms with Crippen molar-refractivity contribution in [2.24, 2.45) is 0 Å². The van der Waals surface area contributed by atoms with E-state index < -0.39 is 11.9 Å². The number of esters is 1. The summed E-state index contributed by atoms with van der Waals surface area (Å²) < 4.78 is 4.68. The number of hydrogen-bond donors (Lipinski definition) is 3. The predicted octanol–water partition coefficient (Wildman–Crippen LogP) is 0.787. The number of nitrogen functional groups attached to an aromatic ring is 2. The van der Waals surface area contributed by atoms with Crippen molar-refractivity contribution in [1.82, 2.24) is 0 Å². The average molecular weight is 230 g/mol. The molecule has 0 aliphatic carbocycles. The summed E-state index contributed by atoms with van der Waals surface area (Å²) in [6.45, 7) is 1.76. The van der Waals surface area contributed by atoms with Gasteiger partial charge in [-0.05, 0) is 6.92 Å². The van der Waals surface area contributed by atoms with Gasteiger partial charge in [-0.25, -0.2) is 9.59 Å². The highest BCUT2D eigenvalue weighted by Crippen LogP contribution is 2.33. The second kappa shape index (κ2) is 4.18. The minimum atomic E-state index is -1.29. The highest BCUT2D eigenvalue weighted by molar-refractivity contribution is 7.20. The summed E-state index contributed by atoms with van der Waals surface area (Å²) in [4.78, 5) is 22.2. The lowest BCUT2D eigenvalue weighted by molar-refractivity contribution is 0.0517. The van der Waals surface area contributed by atoms with Crippen molar-refractivity contribution in [1.29, 1.82) is 0 Å². The third-order valence-corrected chi connectivity index (χ3v) is 2.50. The number of nitrogens with two attached hydrogens (primary N) is 2. The molecule has 0 atom stereocenters. The highest BCUT2D eigenvalue weighted by Gasteiger charge is 2.26. The van der Waals surface area contributed by atoms with Crippen LogP contribution < -0.4 is 11.5 Å². The summed E-state index contributed by atoms with van der Waals surface area (Å²) in [5, 5.41) is 8.90. The molecule has 1 rings (SSSR count). The standard InChI is InChI=1S/C8H10N2O4S/c1-2-14-8(13)4-3(7(11)12)5(9)15-6(4)10/h2,9-10H2,1H3,(H,11,12). The molecule has 15 heavy (non-hydrogen) atoms. The molecule has 5 N–H and O–H groups in total. The van der Waals surface area contributed by atoms with E-state index in [1.54, 1.807) is 6.92 Å². The van der Waals surface area contributed by atoms with Crippen molar-refractivity contribution in [3.05, 3.63) is 11.1 Å². The van der Waals surface area contributed by atoms with Gasteiger partial charge in [0.05, 0.1) is 6.61 Å². The van der Waals surface area contributed by atoms with E-state index >= 15 is 0 Å². The highest BCUT2D eigenvalue weighted by atomic mass is 32.1. The van der Waals surface area contributed by atoms with E-state index in [9.17, 15) is 9.59 Å². The molecule has 1 aromatic heterocycles. The summed E-state index contributed by atoms with van der Waals surface area (Å²) >= 11 is 0.852. The van der Waals surface area contributed by atoms with Crippen LogP contribution in [0.4, 0.5) is 10.0 Å². The lowest BCUT2D eigenvalue weighted by Gasteiger charge is -2.02. The van der Waals surface area contributed by atoms with E-state index in [2.05, 4.69) is 4.74 Å². The number of carbonyl (C=O) groups excluding carboxylic acids is 1. The number of carboxylic acids is 1. The number of carbonyl (C=O) groups is 2. The zero-order chi connectivity index (χ0) is 11.6. The number of anilines is 2. The van der Waals surface area contributed by atoms with Crippen molar-refractivity contribution in [2.75, 3.05) is 18.1 Å². The Balaban J connectivity index is 3.26. The molecule has 1 aromatic rings. The number of aromatic carboxylic acids is 1. The first kappa shape index (κ1) is 11.3. The van der Waals surface area contributed by atoms with Crippen LogP contribution in [-0.2, 0) is 4.74 Å². The fourth-order valence-corrected chi connectivity index (χ4v) is 1.90. The second-order valence-electron chi connectivity index (χ2n) is 2.61. The molecule has 0 radical (unpaired) electrons. The lowest BCUT2D eigenvalue weighted by atomic mass is 10.2. The maximum absolute atomic E-state index is 11.4. The van der Waals surface area contributed by atoms with Gasteiger partial charge in [-0.2, -0.15) is 0 Å². The largest absolute Gasteiger partial charge is 0.478 e. The van der Waals surface area contributed by atoms with Crippen LogP contribution in [0.25, 0.3) is 0 Å². The van der Waals surface area contributed by atoms with Crippen LogP contribution in [0.15, 0.2) is 0 Å². The van der Waals surface area contributed by atoms with Gasteiger partial charge in [0, 0.05) is 0 Å². The number of rotatable bonds is 3. The first-order valence-corrected chi connectivity index (χ1v) is 4.88. The second-order valence-corrected chi connectivity index (χ2v) is 3.69. The van der Waals surface area contributed by atoms with Crippen LogP contribution in [0.2, 0.25) is 0 Å². The normalized spacial score (nSPS) is 9.93. The van der Waals surface area contributed by atoms with Gasteiger partial charge >= 0.3 is 11.9 Å². The van der Waals surface area contributed by atoms with E-state index in [1.807, 2.05) is 0 Å². The molecule has 0 fully saturated rings. The van der Waals surface area contributed by atoms with E-state index in [-0.39, 0.29) is 27.7 Å². The van der Waals surface area contributed by atoms with Gasteiger partial charge in [0.25, 0.3) is 0 Å². The zero-order valence-corrected chi connectivity index (χ0v) is 8.76. The zero-order valence-electron chi connectivity index (χ0n) is 7.94. The Kier molecular flexibility index (Phi) is 3.15. The van der Waals surface area contributed by atoms with E-state index in [0.29, 0.717) is 0 Å². The fourth-order valence-electron chi connectivity index (χ4n) is 1.09. The van der Waals surface area contributed by atoms with Crippen LogP contribution in [0.3, 0.4) is 0 Å². The molecular formula is C8H10N2O4S. The van der Waals surface area contributed by atoms with Crippen molar-refractivity contribution < 1.29 is 19.4 Å². The molecule has 0 spiro atoms. The van der Waals surface area contributed by atoms with Crippen molar-refractivity contribution in [2.45, 2.75) is 6.92 Å². The Bertz CT molecular complexity index is 413. The van der Waals surface area contributed by atoms with Crippen LogP contribution >= 0.6 is 11.3 Å². The number of thiophene rings is 1. The van der Waals surface area contributed by atoms with Gasteiger partial charge in [-0.3, -0.25) is 0 Å². The van der Waals surface area contributed by atoms with Gasteiger partial charge in [0.1, 0.15) is 21.1 Å². The molecule has 0 unspecified atom stereocenters. The first-order chi connectivity index (χ1) is 6.99. The van der Waals surface area contributed by atoms with E-state index in [0.717, 1.165) is 11.3 Å². The van der Waals surface area contributed by atoms with Gasteiger partial charge < -0.3 is 21.3 Å². The first-order valence-electron chi connectivity index (χ1n) is 4.07. The summed E-state index contributed by atoms with van der Waals surface area (Å²) in [5.74, 6) is -2.05. The van der Waals surface area contributed by atoms with Gasteiger partial charge in [-0.15, -0.1) is 0 Å². The van der Waals surface area contributed by atoms with Crippen molar-refractivity contribution >= 4 is 33.3 Å². The maximum atomic E-state index is 11.4. The molecule has 0 aromatic carbocycles. The van der Waals surface area contributed by atoms with Gasteiger partial charge in [0.15, 0.2) is 0 Å². The number of carboxylic acid groups (broad SMARTS) is 1. The van der Waals surface area contributed by atoms with Gasteiger partial charge in [-0.1, -0.05) is 11.3 Å². The van der Waals surface area contributed by atoms with Crippen molar-refractivity contribution in [3.63, 3.8) is 0 Å². The lowest BCUT2D eigenvalue weighted by Crippen LogP contribution is -2.12. The molecule has 0 bridgehead atoms. The van der Waals surface area contributed by atoms with Crippen LogP contribution in [0.1, 0.15) is 27.6 Å². The van der Waals surface area contributed by atoms with Gasteiger partial charge in [0.2, 0.25) is 0 Å². The molecule has 0 amide bonds. The molecule has 82 valence electrons. The SMILES string of the molecule is CCOC(=O)c1c(N)sc(N)c1C(=O)O. The quantitative estimate of drug-likeness (QED) is 0.661. The maximum Gasteiger partial charge on any atom is 0.342 e. The monoisotopic (exact) mass is 230 g/mol. The number of hydrogen-bond acceptors (Lipinski definition) is 6. The Morgan fingerprint density at radius 3 is 2.33 bits per heavy atom. The predicted molar refractivity (Wildman–Crippen MR) is 56.1 cm³/mol. The van der Waals surface area contributed by atoms with Crippen LogP contribution in [0.5, 0.6) is 0 Å². The Morgan fingerprint density at radius 2 is 1.87 bits per heavy atom. The Morgan fingerprint density at radius 1 is 1.33 bits per heavy atom. The molecule has 0 aliphatic rings. The van der Waals surface area contributed by atoms with E-state index in [1.165, 1.54) is 0 Å². The van der Waals surface area contributed by atoms with E-state index in [4.69, 9.17) is 16.6 Å². The van der Waals surface area contributed by atoms with Crippen LogP contribution in [0, 0.1) is 0 Å². The minimum absolute atomic E-state index is 0.00283. The topological polar surface area (TPSA) is 116 Å². The molecule has 0 aliphatic heterocycles. The number of ether oxygens (including phenoxy) is 1. The third-order valence-electron chi connectivity index (χ3n) is 1.66. The molecule has 1 heterocycles. The Hall–Kier alpha value is -1.76. The van der Waals surface area contributed by atoms with Crippen LogP contribution in [-0.4, -0.2) is 23.7 Å². The fraction of sp³-hybridized carbons (Fsp3) is 0.250. The molecular weight excluding hydrogens is 220 g/mol. The molecule has 6 nitrogen and oxygen atoms in total. The summed E-state index contributed by atoms with van der Waals surface area (Å²) in [6, 6.07) is 0. The Labute approximate surface area is 89.4 Å². The minimum Gasteiger partial charge on any atom is -0.478 e. The third kappa shape index (κ3) is 2.01. The summed E-state index contributed by atoms with van der Waals surface area (Å²) in [6.07, 6.45) is 0. The summed E-state index contributed by atoms with van der Waals surface area (Å²) in [7, 11) is 0. The average Bonchev–Trinajstić information content (AvgIpc) is 2.41. The molecule has 7 heteroatoms. The summed E-state index contributed by atoms with van der Waals surface area (Å²) in [5.41, 5.74) is 10.5. The van der Waals surface area contributed by atoms with Crippen molar-refractivity contribution in [3.8, 4) is 0 Å². The smallest absolute Gasteiger partial charge is 0.342 e. The molecule has 0 saturated carbocycles. The molecule has 0 saturated heterocycles.